The first kappa shape index (κ1) is 10.8. The molecule has 0 aliphatic rings. The van der Waals surface area contributed by atoms with E-state index in [-0.39, 0.29) is 11.3 Å². The van der Waals surface area contributed by atoms with Crippen molar-refractivity contribution in [1.82, 2.24) is 9.97 Å². The van der Waals surface area contributed by atoms with Crippen LogP contribution in [0.25, 0.3) is 0 Å². The molecular formula is C8H11N3O2S. The van der Waals surface area contributed by atoms with E-state index in [4.69, 9.17) is 5.73 Å². The lowest BCUT2D eigenvalue weighted by Crippen LogP contribution is -2.17. The molecule has 1 aromatic rings. The van der Waals surface area contributed by atoms with E-state index in [9.17, 15) is 9.59 Å². The Balaban J connectivity index is 2.90. The highest BCUT2D eigenvalue weighted by atomic mass is 32.2. The van der Waals surface area contributed by atoms with Gasteiger partial charge in [0.1, 0.15) is 0 Å². The van der Waals surface area contributed by atoms with Gasteiger partial charge in [0.05, 0.1) is 5.75 Å². The lowest BCUT2D eigenvalue weighted by atomic mass is 10.3. The van der Waals surface area contributed by atoms with Gasteiger partial charge in [0, 0.05) is 11.3 Å². The molecule has 0 radical (unpaired) electrons. The van der Waals surface area contributed by atoms with Crippen molar-refractivity contribution < 1.29 is 4.79 Å². The van der Waals surface area contributed by atoms with Gasteiger partial charge < -0.3 is 10.7 Å². The second-order valence-electron chi connectivity index (χ2n) is 2.84. The molecular weight excluding hydrogens is 202 g/mol. The minimum Gasteiger partial charge on any atom is -0.369 e. The van der Waals surface area contributed by atoms with Crippen LogP contribution in [0.2, 0.25) is 0 Å². The monoisotopic (exact) mass is 213 g/mol. The number of aryl methyl sites for hydroxylation is 1. The quantitative estimate of drug-likeness (QED) is 0.545. The number of rotatable bonds is 3. The van der Waals surface area contributed by atoms with Gasteiger partial charge in [0.2, 0.25) is 5.91 Å². The van der Waals surface area contributed by atoms with E-state index in [1.54, 1.807) is 13.8 Å². The van der Waals surface area contributed by atoms with Gasteiger partial charge >= 0.3 is 0 Å². The number of aromatic nitrogens is 2. The van der Waals surface area contributed by atoms with Crippen LogP contribution in [-0.2, 0) is 4.79 Å². The van der Waals surface area contributed by atoms with Gasteiger partial charge in [-0.15, -0.1) is 0 Å². The SMILES string of the molecule is Cc1nc(SCC(N)=O)[nH]c(=O)c1C. The minimum atomic E-state index is -0.434. The predicted molar refractivity (Wildman–Crippen MR) is 54.3 cm³/mol. The molecule has 1 rings (SSSR count). The molecule has 6 heteroatoms. The van der Waals surface area contributed by atoms with Crippen molar-refractivity contribution >= 4 is 17.7 Å². The summed E-state index contributed by atoms with van der Waals surface area (Å²) in [5.41, 5.74) is 6.05. The molecule has 14 heavy (non-hydrogen) atoms. The van der Waals surface area contributed by atoms with Crippen LogP contribution in [-0.4, -0.2) is 21.6 Å². The summed E-state index contributed by atoms with van der Waals surface area (Å²) < 4.78 is 0. The van der Waals surface area contributed by atoms with E-state index in [2.05, 4.69) is 9.97 Å². The third-order valence-electron chi connectivity index (χ3n) is 1.72. The molecule has 0 aliphatic carbocycles. The molecule has 0 bridgehead atoms. The molecule has 1 amide bonds. The van der Waals surface area contributed by atoms with Crippen LogP contribution >= 0.6 is 11.8 Å². The predicted octanol–water partition coefficient (Wildman–Crippen LogP) is -0.0359. The van der Waals surface area contributed by atoms with Crippen molar-refractivity contribution in [3.63, 3.8) is 0 Å². The lowest BCUT2D eigenvalue weighted by Gasteiger charge is -2.01. The van der Waals surface area contributed by atoms with E-state index in [1.807, 2.05) is 0 Å². The fourth-order valence-electron chi connectivity index (χ4n) is 0.827. The Morgan fingerprint density at radius 1 is 1.57 bits per heavy atom. The third kappa shape index (κ3) is 2.59. The maximum Gasteiger partial charge on any atom is 0.254 e. The van der Waals surface area contributed by atoms with Crippen LogP contribution in [0.15, 0.2) is 9.95 Å². The van der Waals surface area contributed by atoms with Crippen molar-refractivity contribution in [2.45, 2.75) is 19.0 Å². The zero-order valence-electron chi connectivity index (χ0n) is 7.96. The first-order valence-electron chi connectivity index (χ1n) is 3.99. The largest absolute Gasteiger partial charge is 0.369 e. The standard InChI is InChI=1S/C8H11N3O2S/c1-4-5(2)10-8(11-7(4)13)14-3-6(9)12/h3H2,1-2H3,(H2,9,12)(H,10,11,13). The van der Waals surface area contributed by atoms with Gasteiger partial charge in [0.25, 0.3) is 5.56 Å². The molecule has 0 spiro atoms. The number of nitrogens with zero attached hydrogens (tertiary/aromatic N) is 1. The Hall–Kier alpha value is -1.30. The van der Waals surface area contributed by atoms with Crippen LogP contribution < -0.4 is 11.3 Å². The topological polar surface area (TPSA) is 88.8 Å². The van der Waals surface area contributed by atoms with Gasteiger partial charge in [-0.3, -0.25) is 9.59 Å². The van der Waals surface area contributed by atoms with E-state index in [1.165, 1.54) is 0 Å². The van der Waals surface area contributed by atoms with Crippen molar-refractivity contribution in [2.24, 2.45) is 5.73 Å². The summed E-state index contributed by atoms with van der Waals surface area (Å²) >= 11 is 1.12. The average molecular weight is 213 g/mol. The summed E-state index contributed by atoms with van der Waals surface area (Å²) in [5, 5.41) is 0.428. The van der Waals surface area contributed by atoms with Crippen molar-refractivity contribution in [3.8, 4) is 0 Å². The Labute approximate surface area is 85.1 Å². The number of amides is 1. The average Bonchev–Trinajstić information content (AvgIpc) is 2.10. The first-order chi connectivity index (χ1) is 6.50. The van der Waals surface area contributed by atoms with Gasteiger partial charge in [-0.2, -0.15) is 0 Å². The van der Waals surface area contributed by atoms with Crippen molar-refractivity contribution in [1.29, 1.82) is 0 Å². The highest BCUT2D eigenvalue weighted by Crippen LogP contribution is 2.10. The van der Waals surface area contributed by atoms with Gasteiger partial charge in [-0.1, -0.05) is 11.8 Å². The van der Waals surface area contributed by atoms with E-state index < -0.39 is 5.91 Å². The zero-order valence-corrected chi connectivity index (χ0v) is 8.77. The number of hydrogen-bond acceptors (Lipinski definition) is 4. The van der Waals surface area contributed by atoms with E-state index in [0.717, 1.165) is 11.8 Å². The molecule has 76 valence electrons. The molecule has 0 saturated carbocycles. The molecule has 0 atom stereocenters. The van der Waals surface area contributed by atoms with Crippen molar-refractivity contribution in [3.05, 3.63) is 21.6 Å². The number of thioether (sulfide) groups is 1. The highest BCUT2D eigenvalue weighted by Gasteiger charge is 2.04. The maximum absolute atomic E-state index is 11.3. The fraction of sp³-hybridized carbons (Fsp3) is 0.375. The van der Waals surface area contributed by atoms with Gasteiger partial charge in [-0.25, -0.2) is 4.98 Å². The molecule has 5 nitrogen and oxygen atoms in total. The van der Waals surface area contributed by atoms with Crippen LogP contribution in [0.5, 0.6) is 0 Å². The highest BCUT2D eigenvalue weighted by molar-refractivity contribution is 7.99. The summed E-state index contributed by atoms with van der Waals surface area (Å²) in [5.74, 6) is -0.318. The number of nitrogens with one attached hydrogen (secondary N) is 1. The number of aromatic amines is 1. The summed E-state index contributed by atoms with van der Waals surface area (Å²) in [4.78, 5) is 28.4. The van der Waals surface area contributed by atoms with Crippen LogP contribution in [0.1, 0.15) is 11.3 Å². The fourth-order valence-corrected chi connectivity index (χ4v) is 1.47. The molecule has 0 unspecified atom stereocenters. The number of nitrogens with two attached hydrogens (primary N) is 1. The molecule has 1 aromatic heterocycles. The summed E-state index contributed by atoms with van der Waals surface area (Å²) in [6, 6.07) is 0. The minimum absolute atomic E-state index is 0.117. The third-order valence-corrected chi connectivity index (χ3v) is 2.62. The second kappa shape index (κ2) is 4.28. The molecule has 0 aromatic carbocycles. The van der Waals surface area contributed by atoms with Crippen LogP contribution in [0, 0.1) is 13.8 Å². The van der Waals surface area contributed by atoms with Crippen LogP contribution in [0.3, 0.4) is 0 Å². The molecule has 0 aliphatic heterocycles. The van der Waals surface area contributed by atoms with E-state index in [0.29, 0.717) is 16.4 Å². The molecule has 3 N–H and O–H groups in total. The number of carbonyl (C=O) groups is 1. The Bertz CT molecular complexity index is 414. The Morgan fingerprint density at radius 3 is 2.71 bits per heavy atom. The zero-order chi connectivity index (χ0) is 10.7. The number of carbonyl (C=O) groups excluding carboxylic acids is 1. The maximum atomic E-state index is 11.3. The first-order valence-corrected chi connectivity index (χ1v) is 4.98. The number of H-pyrrole nitrogens is 1. The Kier molecular flexibility index (Phi) is 3.29. The normalized spacial score (nSPS) is 10.1. The summed E-state index contributed by atoms with van der Waals surface area (Å²) in [6.45, 7) is 3.45. The molecule has 0 saturated heterocycles. The van der Waals surface area contributed by atoms with E-state index >= 15 is 0 Å². The molecule has 1 heterocycles. The van der Waals surface area contributed by atoms with Crippen LogP contribution in [0.4, 0.5) is 0 Å². The second-order valence-corrected chi connectivity index (χ2v) is 3.80. The number of primary amides is 1. The van der Waals surface area contributed by atoms with Gasteiger partial charge in [-0.05, 0) is 13.8 Å². The summed E-state index contributed by atoms with van der Waals surface area (Å²) in [7, 11) is 0. The smallest absolute Gasteiger partial charge is 0.254 e. The van der Waals surface area contributed by atoms with Gasteiger partial charge in [0.15, 0.2) is 5.16 Å². The summed E-state index contributed by atoms with van der Waals surface area (Å²) in [6.07, 6.45) is 0. The van der Waals surface area contributed by atoms with Crippen molar-refractivity contribution in [2.75, 3.05) is 5.75 Å². The molecule has 0 fully saturated rings. The number of hydrogen-bond donors (Lipinski definition) is 2. The lowest BCUT2D eigenvalue weighted by molar-refractivity contribution is -0.115. The Morgan fingerprint density at radius 2 is 2.21 bits per heavy atom.